The Labute approximate surface area is 84.8 Å². The molecule has 2 aliphatic rings. The van der Waals surface area contributed by atoms with Crippen molar-refractivity contribution in [2.45, 2.75) is 49.6 Å². The predicted octanol–water partition coefficient (Wildman–Crippen LogP) is 2.00. The van der Waals surface area contributed by atoms with Crippen molar-refractivity contribution in [2.75, 3.05) is 12.9 Å². The lowest BCUT2D eigenvalue weighted by molar-refractivity contribution is 0.0528. The highest BCUT2D eigenvalue weighted by atomic mass is 32.2. The van der Waals surface area contributed by atoms with Crippen molar-refractivity contribution in [3.8, 4) is 0 Å². The van der Waals surface area contributed by atoms with E-state index in [0.29, 0.717) is 17.0 Å². The lowest BCUT2D eigenvalue weighted by Crippen LogP contribution is -2.46. The number of nitrogens with one attached hydrogen (secondary N) is 1. The van der Waals surface area contributed by atoms with Crippen LogP contribution in [0.5, 0.6) is 0 Å². The van der Waals surface area contributed by atoms with Crippen LogP contribution < -0.4 is 5.32 Å². The first-order chi connectivity index (χ1) is 6.24. The Hall–Kier alpha value is 0.270. The van der Waals surface area contributed by atoms with Gasteiger partial charge in [-0.25, -0.2) is 0 Å². The highest BCUT2D eigenvalue weighted by Crippen LogP contribution is 2.42. The van der Waals surface area contributed by atoms with Gasteiger partial charge in [0.25, 0.3) is 0 Å². The first-order valence-corrected chi connectivity index (χ1v) is 6.17. The molecule has 3 unspecified atom stereocenters. The van der Waals surface area contributed by atoms with Crippen molar-refractivity contribution < 1.29 is 4.74 Å². The van der Waals surface area contributed by atoms with Crippen LogP contribution >= 0.6 is 11.8 Å². The van der Waals surface area contributed by atoms with Crippen LogP contribution in [0, 0.1) is 0 Å². The maximum absolute atomic E-state index is 5.46. The molecule has 1 saturated carbocycles. The van der Waals surface area contributed by atoms with E-state index in [4.69, 9.17) is 4.74 Å². The van der Waals surface area contributed by atoms with Crippen LogP contribution in [0.15, 0.2) is 0 Å². The van der Waals surface area contributed by atoms with Gasteiger partial charge in [0.05, 0.1) is 11.0 Å². The molecule has 1 aliphatic carbocycles. The van der Waals surface area contributed by atoms with Gasteiger partial charge in [-0.3, -0.25) is 5.32 Å². The maximum Gasteiger partial charge on any atom is 0.0672 e. The molecular weight excluding hydrogens is 182 g/mol. The predicted molar refractivity (Wildman–Crippen MR) is 57.1 cm³/mol. The Kier molecular flexibility index (Phi) is 2.86. The van der Waals surface area contributed by atoms with Crippen molar-refractivity contribution in [1.29, 1.82) is 0 Å². The summed E-state index contributed by atoms with van der Waals surface area (Å²) in [7, 11) is 1.84. The molecule has 0 bridgehead atoms. The average Bonchev–Trinajstić information content (AvgIpc) is 2.47. The third-order valence-corrected chi connectivity index (χ3v) is 4.82. The average molecular weight is 201 g/mol. The smallest absolute Gasteiger partial charge is 0.0672 e. The molecule has 1 heterocycles. The first kappa shape index (κ1) is 9.81. The summed E-state index contributed by atoms with van der Waals surface area (Å²) >= 11 is 2.10. The normalized spacial score (nSPS) is 45.7. The van der Waals surface area contributed by atoms with Gasteiger partial charge in [-0.05, 0) is 26.2 Å². The molecule has 0 aromatic carbocycles. The molecule has 76 valence electrons. The molecule has 1 saturated heterocycles. The maximum atomic E-state index is 5.46. The number of methoxy groups -OCH3 is 1. The van der Waals surface area contributed by atoms with Crippen LogP contribution in [-0.4, -0.2) is 29.9 Å². The van der Waals surface area contributed by atoms with Gasteiger partial charge in [0, 0.05) is 25.3 Å². The number of rotatable bonds is 1. The monoisotopic (exact) mass is 201 g/mol. The van der Waals surface area contributed by atoms with Crippen molar-refractivity contribution in [3.05, 3.63) is 0 Å². The Morgan fingerprint density at radius 1 is 1.54 bits per heavy atom. The second-order valence-electron chi connectivity index (χ2n) is 4.30. The van der Waals surface area contributed by atoms with Gasteiger partial charge < -0.3 is 4.74 Å². The van der Waals surface area contributed by atoms with Crippen LogP contribution in [0.1, 0.15) is 32.6 Å². The van der Waals surface area contributed by atoms with E-state index >= 15 is 0 Å². The molecule has 1 N–H and O–H groups in total. The lowest BCUT2D eigenvalue weighted by Gasteiger charge is -2.37. The Balaban J connectivity index is 1.98. The minimum atomic E-state index is 0.359. The Morgan fingerprint density at radius 2 is 2.38 bits per heavy atom. The van der Waals surface area contributed by atoms with Gasteiger partial charge >= 0.3 is 0 Å². The van der Waals surface area contributed by atoms with E-state index in [2.05, 4.69) is 24.0 Å². The van der Waals surface area contributed by atoms with E-state index in [1.807, 2.05) is 7.11 Å². The van der Waals surface area contributed by atoms with Gasteiger partial charge in [-0.1, -0.05) is 0 Å². The van der Waals surface area contributed by atoms with Gasteiger partial charge in [-0.2, -0.15) is 0 Å². The molecule has 2 rings (SSSR count). The van der Waals surface area contributed by atoms with Crippen LogP contribution in [0.25, 0.3) is 0 Å². The summed E-state index contributed by atoms with van der Waals surface area (Å²) in [6, 6.07) is 0.681. The Morgan fingerprint density at radius 3 is 3.00 bits per heavy atom. The molecular formula is C10H19NOS. The molecule has 2 nitrogen and oxygen atoms in total. The minimum Gasteiger partial charge on any atom is -0.381 e. The molecule has 3 heteroatoms. The third-order valence-electron chi connectivity index (χ3n) is 3.12. The van der Waals surface area contributed by atoms with E-state index in [-0.39, 0.29) is 0 Å². The van der Waals surface area contributed by atoms with Crippen molar-refractivity contribution in [1.82, 2.24) is 5.32 Å². The fourth-order valence-corrected chi connectivity index (χ4v) is 4.00. The summed E-state index contributed by atoms with van der Waals surface area (Å²) in [6.45, 7) is 2.28. The van der Waals surface area contributed by atoms with E-state index < -0.39 is 0 Å². The second kappa shape index (κ2) is 3.79. The molecule has 1 aliphatic heterocycles. The largest absolute Gasteiger partial charge is 0.381 e. The summed E-state index contributed by atoms with van der Waals surface area (Å²) in [4.78, 5) is 0.359. The highest BCUT2D eigenvalue weighted by molar-refractivity contribution is 8.00. The molecule has 2 fully saturated rings. The molecule has 0 aromatic heterocycles. The van der Waals surface area contributed by atoms with Crippen LogP contribution in [0.4, 0.5) is 0 Å². The molecule has 0 radical (unpaired) electrons. The van der Waals surface area contributed by atoms with Crippen LogP contribution in [-0.2, 0) is 4.74 Å². The second-order valence-corrected chi connectivity index (χ2v) is 5.71. The number of hydrogen-bond donors (Lipinski definition) is 1. The summed E-state index contributed by atoms with van der Waals surface area (Å²) in [6.07, 6.45) is 5.56. The van der Waals surface area contributed by atoms with E-state index in [9.17, 15) is 0 Å². The number of ether oxygens (including phenoxy) is 1. The van der Waals surface area contributed by atoms with Crippen molar-refractivity contribution >= 4 is 11.8 Å². The van der Waals surface area contributed by atoms with Gasteiger partial charge in [0.1, 0.15) is 0 Å². The van der Waals surface area contributed by atoms with E-state index in [0.717, 1.165) is 0 Å². The van der Waals surface area contributed by atoms with Crippen molar-refractivity contribution in [2.24, 2.45) is 0 Å². The zero-order valence-electron chi connectivity index (χ0n) is 8.51. The molecule has 3 atom stereocenters. The quantitative estimate of drug-likeness (QED) is 0.701. The third kappa shape index (κ3) is 2.03. The first-order valence-electron chi connectivity index (χ1n) is 5.18. The van der Waals surface area contributed by atoms with Crippen LogP contribution in [0.2, 0.25) is 0 Å². The zero-order valence-corrected chi connectivity index (χ0v) is 9.32. The summed E-state index contributed by atoms with van der Waals surface area (Å²) in [5, 5.41) is 3.72. The van der Waals surface area contributed by atoms with Gasteiger partial charge in [0.2, 0.25) is 0 Å². The van der Waals surface area contributed by atoms with Gasteiger partial charge in [0.15, 0.2) is 0 Å². The number of thioether (sulfide) groups is 1. The Bertz CT molecular complexity index is 184. The fourth-order valence-electron chi connectivity index (χ4n) is 2.47. The standard InChI is InChI=1S/C10H19NOS/c1-8-7-13-10(11-8)5-3-4-9(6-10)12-2/h8-9,11H,3-7H2,1-2H3. The van der Waals surface area contributed by atoms with Crippen LogP contribution in [0.3, 0.4) is 0 Å². The summed E-state index contributed by atoms with van der Waals surface area (Å²) in [5.74, 6) is 1.26. The number of hydrogen-bond acceptors (Lipinski definition) is 3. The molecule has 1 spiro atoms. The van der Waals surface area contributed by atoms with Crippen molar-refractivity contribution in [3.63, 3.8) is 0 Å². The molecule has 13 heavy (non-hydrogen) atoms. The van der Waals surface area contributed by atoms with E-state index in [1.54, 1.807) is 0 Å². The topological polar surface area (TPSA) is 21.3 Å². The summed E-state index contributed by atoms with van der Waals surface area (Å²) in [5.41, 5.74) is 0. The van der Waals surface area contributed by atoms with Gasteiger partial charge in [-0.15, -0.1) is 11.8 Å². The fraction of sp³-hybridized carbons (Fsp3) is 1.00. The lowest BCUT2D eigenvalue weighted by atomic mass is 9.92. The zero-order chi connectivity index (χ0) is 9.31. The molecule has 0 amide bonds. The highest BCUT2D eigenvalue weighted by Gasteiger charge is 2.41. The molecule has 0 aromatic rings. The SMILES string of the molecule is COC1CCCC2(C1)NC(C)CS2. The van der Waals surface area contributed by atoms with E-state index in [1.165, 1.54) is 31.4 Å². The summed E-state index contributed by atoms with van der Waals surface area (Å²) < 4.78 is 5.46. The minimum absolute atomic E-state index is 0.359.